The minimum absolute atomic E-state index is 0.0138. The summed E-state index contributed by atoms with van der Waals surface area (Å²) in [4.78, 5) is 34.0. The number of fused-ring (bicyclic) bond motifs is 1. The zero-order valence-electron chi connectivity index (χ0n) is 16.8. The van der Waals surface area contributed by atoms with E-state index in [9.17, 15) is 9.59 Å². The lowest BCUT2D eigenvalue weighted by Crippen LogP contribution is -2.28. The Morgan fingerprint density at radius 2 is 1.70 bits per heavy atom. The Hall–Kier alpha value is -3.41. The summed E-state index contributed by atoms with van der Waals surface area (Å²) in [5.41, 5.74) is 3.48. The highest BCUT2D eigenvalue weighted by molar-refractivity contribution is 6.06. The number of aromatic nitrogens is 1. The molecule has 2 aliphatic rings. The normalized spacial score (nSPS) is 18.9. The van der Waals surface area contributed by atoms with Crippen LogP contribution in [-0.4, -0.2) is 36.4 Å². The minimum atomic E-state index is -0.380. The lowest BCUT2D eigenvalue weighted by molar-refractivity contribution is -0.122. The molecule has 2 amide bonds. The van der Waals surface area contributed by atoms with Gasteiger partial charge in [-0.15, -0.1) is 0 Å². The first-order valence-electron chi connectivity index (χ1n) is 10.5. The van der Waals surface area contributed by atoms with E-state index in [-0.39, 0.29) is 24.2 Å². The highest BCUT2D eigenvalue weighted by Gasteiger charge is 2.35. The minimum Gasteiger partial charge on any atom is -0.372 e. The summed E-state index contributed by atoms with van der Waals surface area (Å²) in [5.74, 6) is -0.535. The molecule has 3 aromatic rings. The lowest BCUT2D eigenvalue weighted by Gasteiger charge is -2.20. The molecule has 1 N–H and O–H groups in total. The smallest absolute Gasteiger partial charge is 0.229 e. The van der Waals surface area contributed by atoms with Crippen molar-refractivity contribution in [2.45, 2.75) is 19.3 Å². The first-order chi connectivity index (χ1) is 14.7. The topological polar surface area (TPSA) is 65.5 Å². The summed E-state index contributed by atoms with van der Waals surface area (Å²) in [6.07, 6.45) is 4.40. The zero-order chi connectivity index (χ0) is 20.5. The van der Waals surface area contributed by atoms with E-state index in [1.807, 2.05) is 42.5 Å². The molecule has 6 heteroatoms. The Morgan fingerprint density at radius 3 is 2.50 bits per heavy atom. The van der Waals surface area contributed by atoms with Gasteiger partial charge >= 0.3 is 0 Å². The fourth-order valence-electron chi connectivity index (χ4n) is 4.39. The SMILES string of the molecule is O=C(Nc1cccc2cccnc12)C1CC(=O)N(c2ccc(N3CCCC3)cc2)C1. The Balaban J connectivity index is 1.29. The van der Waals surface area contributed by atoms with Crippen LogP contribution >= 0.6 is 0 Å². The number of nitrogens with one attached hydrogen (secondary N) is 1. The van der Waals surface area contributed by atoms with Gasteiger partial charge in [0.15, 0.2) is 0 Å². The van der Waals surface area contributed by atoms with Crippen LogP contribution in [0.5, 0.6) is 0 Å². The first-order valence-corrected chi connectivity index (χ1v) is 10.5. The molecular formula is C24H24N4O2. The molecule has 0 bridgehead atoms. The number of amides is 2. The third-order valence-electron chi connectivity index (χ3n) is 6.02. The van der Waals surface area contributed by atoms with Gasteiger partial charge in [0.1, 0.15) is 0 Å². The van der Waals surface area contributed by atoms with Crippen LogP contribution in [0.25, 0.3) is 10.9 Å². The summed E-state index contributed by atoms with van der Waals surface area (Å²) in [5, 5.41) is 3.95. The van der Waals surface area contributed by atoms with Gasteiger partial charge < -0.3 is 15.1 Å². The molecule has 3 heterocycles. The van der Waals surface area contributed by atoms with Gasteiger partial charge in [0, 0.05) is 49.0 Å². The number of carbonyl (C=O) groups is 2. The summed E-state index contributed by atoms with van der Waals surface area (Å²) in [7, 11) is 0. The van der Waals surface area contributed by atoms with Gasteiger partial charge in [0.2, 0.25) is 11.8 Å². The number of benzene rings is 2. The molecule has 1 unspecified atom stereocenters. The van der Waals surface area contributed by atoms with E-state index in [2.05, 4.69) is 27.3 Å². The molecule has 0 radical (unpaired) electrons. The molecule has 2 aromatic carbocycles. The number of rotatable bonds is 4. The fourth-order valence-corrected chi connectivity index (χ4v) is 4.39. The van der Waals surface area contributed by atoms with E-state index in [1.54, 1.807) is 11.1 Å². The van der Waals surface area contributed by atoms with Crippen molar-refractivity contribution >= 4 is 39.8 Å². The lowest BCUT2D eigenvalue weighted by atomic mass is 10.1. The van der Waals surface area contributed by atoms with E-state index < -0.39 is 0 Å². The van der Waals surface area contributed by atoms with E-state index in [0.29, 0.717) is 12.2 Å². The summed E-state index contributed by atoms with van der Waals surface area (Å²) < 4.78 is 0. The molecule has 2 fully saturated rings. The van der Waals surface area contributed by atoms with E-state index in [1.165, 1.54) is 18.5 Å². The maximum absolute atomic E-state index is 12.9. The van der Waals surface area contributed by atoms with Gasteiger partial charge in [-0.05, 0) is 49.2 Å². The average Bonchev–Trinajstić information content (AvgIpc) is 3.44. The first kappa shape index (κ1) is 18.6. The fraction of sp³-hybridized carbons (Fsp3) is 0.292. The van der Waals surface area contributed by atoms with Crippen LogP contribution in [0.1, 0.15) is 19.3 Å². The highest BCUT2D eigenvalue weighted by Crippen LogP contribution is 2.29. The van der Waals surface area contributed by atoms with Crippen molar-refractivity contribution in [3.05, 3.63) is 60.8 Å². The van der Waals surface area contributed by atoms with Crippen molar-refractivity contribution in [3.8, 4) is 0 Å². The van der Waals surface area contributed by atoms with Crippen LogP contribution in [-0.2, 0) is 9.59 Å². The van der Waals surface area contributed by atoms with E-state index in [4.69, 9.17) is 0 Å². The number of pyridine rings is 1. The molecule has 5 rings (SSSR count). The summed E-state index contributed by atoms with van der Waals surface area (Å²) in [6, 6.07) is 17.7. The van der Waals surface area contributed by atoms with Gasteiger partial charge in [-0.1, -0.05) is 18.2 Å². The number of para-hydroxylation sites is 1. The molecule has 2 aliphatic heterocycles. The second kappa shape index (κ2) is 7.78. The standard InChI is InChI=1S/C24H24N4O2/c29-22-15-18(24(30)26-21-7-3-5-17-6-4-12-25-23(17)21)16-28(22)20-10-8-19(9-11-20)27-13-1-2-14-27/h3-12,18H,1-2,13-16H2,(H,26,30). The van der Waals surface area contributed by atoms with Gasteiger partial charge in [0.25, 0.3) is 0 Å². The zero-order valence-corrected chi connectivity index (χ0v) is 16.8. The van der Waals surface area contributed by atoms with Gasteiger partial charge in [-0.25, -0.2) is 0 Å². The number of hydrogen-bond donors (Lipinski definition) is 1. The Labute approximate surface area is 175 Å². The quantitative estimate of drug-likeness (QED) is 0.723. The summed E-state index contributed by atoms with van der Waals surface area (Å²) >= 11 is 0. The van der Waals surface area contributed by atoms with Crippen LogP contribution in [0.4, 0.5) is 17.1 Å². The van der Waals surface area contributed by atoms with Crippen LogP contribution in [0.2, 0.25) is 0 Å². The number of anilines is 3. The number of carbonyl (C=O) groups excluding carboxylic acids is 2. The molecule has 6 nitrogen and oxygen atoms in total. The van der Waals surface area contributed by atoms with Gasteiger partial charge in [-0.2, -0.15) is 0 Å². The Kier molecular flexibility index (Phi) is 4.83. The summed E-state index contributed by atoms with van der Waals surface area (Å²) in [6.45, 7) is 2.58. The van der Waals surface area contributed by atoms with Crippen LogP contribution in [0, 0.1) is 5.92 Å². The molecule has 152 valence electrons. The second-order valence-electron chi connectivity index (χ2n) is 7.99. The molecule has 0 aliphatic carbocycles. The molecule has 2 saturated heterocycles. The predicted octanol–water partition coefficient (Wildman–Crippen LogP) is 3.83. The Bertz CT molecular complexity index is 1080. The second-order valence-corrected chi connectivity index (χ2v) is 7.99. The van der Waals surface area contributed by atoms with Crippen molar-refractivity contribution in [3.63, 3.8) is 0 Å². The number of nitrogens with zero attached hydrogens (tertiary/aromatic N) is 3. The third-order valence-corrected chi connectivity index (χ3v) is 6.02. The van der Waals surface area contributed by atoms with Gasteiger partial charge in [-0.3, -0.25) is 14.6 Å². The third kappa shape index (κ3) is 3.49. The predicted molar refractivity (Wildman–Crippen MR) is 119 cm³/mol. The van der Waals surface area contributed by atoms with Crippen molar-refractivity contribution in [1.29, 1.82) is 0 Å². The average molecular weight is 400 g/mol. The maximum Gasteiger partial charge on any atom is 0.229 e. The monoisotopic (exact) mass is 400 g/mol. The van der Waals surface area contributed by atoms with Crippen LogP contribution in [0.3, 0.4) is 0 Å². The van der Waals surface area contributed by atoms with E-state index in [0.717, 1.165) is 29.7 Å². The molecule has 0 saturated carbocycles. The Morgan fingerprint density at radius 1 is 0.967 bits per heavy atom. The molecule has 1 aromatic heterocycles. The van der Waals surface area contributed by atoms with E-state index >= 15 is 0 Å². The van der Waals surface area contributed by atoms with Crippen LogP contribution < -0.4 is 15.1 Å². The molecular weight excluding hydrogens is 376 g/mol. The maximum atomic E-state index is 12.9. The van der Waals surface area contributed by atoms with Crippen molar-refractivity contribution in [2.75, 3.05) is 34.8 Å². The molecule has 1 atom stereocenters. The largest absolute Gasteiger partial charge is 0.372 e. The van der Waals surface area contributed by atoms with Crippen molar-refractivity contribution < 1.29 is 9.59 Å². The van der Waals surface area contributed by atoms with Crippen molar-refractivity contribution in [2.24, 2.45) is 5.92 Å². The molecule has 0 spiro atoms. The van der Waals surface area contributed by atoms with Crippen LogP contribution in [0.15, 0.2) is 60.8 Å². The molecule has 30 heavy (non-hydrogen) atoms. The van der Waals surface area contributed by atoms with Gasteiger partial charge in [0.05, 0.1) is 17.1 Å². The number of hydrogen-bond acceptors (Lipinski definition) is 4. The van der Waals surface area contributed by atoms with Crippen molar-refractivity contribution in [1.82, 2.24) is 4.98 Å². The highest BCUT2D eigenvalue weighted by atomic mass is 16.2.